The molecule has 1 saturated carbocycles. The molecule has 0 bridgehead atoms. The first kappa shape index (κ1) is 12.5. The van der Waals surface area contributed by atoms with Crippen molar-refractivity contribution in [3.05, 3.63) is 0 Å². The third kappa shape index (κ3) is 2.69. The summed E-state index contributed by atoms with van der Waals surface area (Å²) in [5.41, 5.74) is 10.7. The molecule has 88 valence electrons. The fourth-order valence-electron chi connectivity index (χ4n) is 2.00. The summed E-state index contributed by atoms with van der Waals surface area (Å²) in [5, 5.41) is 0. The topological polar surface area (TPSA) is 72.3 Å². The minimum atomic E-state index is -0.819. The monoisotopic (exact) mass is 213 g/mol. The van der Waals surface area contributed by atoms with Gasteiger partial charge in [-0.3, -0.25) is 9.69 Å². The zero-order chi connectivity index (χ0) is 11.6. The van der Waals surface area contributed by atoms with Crippen LogP contribution in [-0.2, 0) is 4.79 Å². The Morgan fingerprint density at radius 3 is 2.33 bits per heavy atom. The second-order valence-corrected chi connectivity index (χ2v) is 4.84. The van der Waals surface area contributed by atoms with Crippen molar-refractivity contribution in [2.24, 2.45) is 17.4 Å². The molecular weight excluding hydrogens is 190 g/mol. The van der Waals surface area contributed by atoms with E-state index in [1.54, 1.807) is 0 Å². The van der Waals surface area contributed by atoms with E-state index in [1.165, 1.54) is 0 Å². The highest BCUT2D eigenvalue weighted by atomic mass is 16.1. The second-order valence-electron chi connectivity index (χ2n) is 4.84. The first-order chi connectivity index (χ1) is 6.91. The zero-order valence-corrected chi connectivity index (χ0v) is 9.99. The number of nitrogens with zero attached hydrogens (tertiary/aromatic N) is 1. The van der Waals surface area contributed by atoms with Gasteiger partial charge in [0.1, 0.15) is 5.54 Å². The molecule has 1 atom stereocenters. The highest BCUT2D eigenvalue weighted by Crippen LogP contribution is 2.38. The summed E-state index contributed by atoms with van der Waals surface area (Å²) in [6.07, 6.45) is 2.07. The summed E-state index contributed by atoms with van der Waals surface area (Å²) < 4.78 is 0. The fraction of sp³-hybridized carbons (Fsp3) is 0.909. The number of amides is 1. The van der Waals surface area contributed by atoms with Crippen LogP contribution in [0.4, 0.5) is 0 Å². The van der Waals surface area contributed by atoms with Crippen molar-refractivity contribution in [3.8, 4) is 0 Å². The zero-order valence-electron chi connectivity index (χ0n) is 9.99. The van der Waals surface area contributed by atoms with E-state index in [4.69, 9.17) is 11.5 Å². The lowest BCUT2D eigenvalue weighted by atomic mass is 9.92. The minimum absolute atomic E-state index is 0.294. The summed E-state index contributed by atoms with van der Waals surface area (Å²) in [6, 6.07) is 0.399. The molecule has 0 saturated heterocycles. The van der Waals surface area contributed by atoms with E-state index in [1.807, 2.05) is 0 Å². The smallest absolute Gasteiger partial charge is 0.239 e. The van der Waals surface area contributed by atoms with Crippen LogP contribution in [0.5, 0.6) is 0 Å². The predicted molar refractivity (Wildman–Crippen MR) is 61.2 cm³/mol. The molecule has 1 fully saturated rings. The van der Waals surface area contributed by atoms with Crippen LogP contribution in [0.1, 0.15) is 33.6 Å². The molecule has 0 spiro atoms. The standard InChI is InChI=1S/C11H23N3O/c1-4-14(8(2)3)7-11(13,10(12)15)9-5-6-9/h8-9H,4-7,13H2,1-3H3,(H2,12,15). The van der Waals surface area contributed by atoms with Gasteiger partial charge in [-0.15, -0.1) is 0 Å². The van der Waals surface area contributed by atoms with Gasteiger partial charge in [0.2, 0.25) is 5.91 Å². The molecule has 4 heteroatoms. The van der Waals surface area contributed by atoms with Gasteiger partial charge in [-0.2, -0.15) is 0 Å². The predicted octanol–water partition coefficient (Wildman–Crippen LogP) is 0.310. The molecule has 0 aromatic heterocycles. The van der Waals surface area contributed by atoms with Gasteiger partial charge in [-0.1, -0.05) is 6.92 Å². The average Bonchev–Trinajstić information content (AvgIpc) is 2.95. The van der Waals surface area contributed by atoms with Crippen LogP contribution in [0, 0.1) is 5.92 Å². The third-order valence-corrected chi connectivity index (χ3v) is 3.37. The Kier molecular flexibility index (Phi) is 3.73. The first-order valence-corrected chi connectivity index (χ1v) is 5.74. The van der Waals surface area contributed by atoms with Crippen LogP contribution in [0.2, 0.25) is 0 Å². The third-order valence-electron chi connectivity index (χ3n) is 3.37. The quantitative estimate of drug-likeness (QED) is 0.667. The number of rotatable bonds is 6. The van der Waals surface area contributed by atoms with Gasteiger partial charge in [-0.05, 0) is 39.2 Å². The largest absolute Gasteiger partial charge is 0.368 e. The maximum atomic E-state index is 11.4. The van der Waals surface area contributed by atoms with E-state index in [2.05, 4.69) is 25.7 Å². The van der Waals surface area contributed by atoms with Gasteiger partial charge in [-0.25, -0.2) is 0 Å². The van der Waals surface area contributed by atoms with E-state index < -0.39 is 5.54 Å². The van der Waals surface area contributed by atoms with E-state index in [-0.39, 0.29) is 5.91 Å². The van der Waals surface area contributed by atoms with Gasteiger partial charge in [0.05, 0.1) is 0 Å². The fourth-order valence-corrected chi connectivity index (χ4v) is 2.00. The Balaban J connectivity index is 2.69. The first-order valence-electron chi connectivity index (χ1n) is 5.74. The molecular formula is C11H23N3O. The lowest BCUT2D eigenvalue weighted by Crippen LogP contribution is -2.61. The number of carbonyl (C=O) groups is 1. The van der Waals surface area contributed by atoms with Crippen LogP contribution < -0.4 is 11.5 Å². The molecule has 0 aliphatic heterocycles. The molecule has 0 aromatic carbocycles. The van der Waals surface area contributed by atoms with Crippen molar-refractivity contribution in [2.45, 2.75) is 45.2 Å². The number of hydrogen-bond donors (Lipinski definition) is 2. The van der Waals surface area contributed by atoms with E-state index in [0.717, 1.165) is 19.4 Å². The molecule has 1 amide bonds. The van der Waals surface area contributed by atoms with Crippen LogP contribution in [-0.4, -0.2) is 35.5 Å². The van der Waals surface area contributed by atoms with E-state index in [0.29, 0.717) is 18.5 Å². The van der Waals surface area contributed by atoms with Gasteiger partial charge >= 0.3 is 0 Å². The normalized spacial score (nSPS) is 20.7. The maximum Gasteiger partial charge on any atom is 0.239 e. The Morgan fingerprint density at radius 2 is 2.07 bits per heavy atom. The van der Waals surface area contributed by atoms with Crippen LogP contribution in [0.15, 0.2) is 0 Å². The van der Waals surface area contributed by atoms with Gasteiger partial charge in [0.25, 0.3) is 0 Å². The van der Waals surface area contributed by atoms with Crippen LogP contribution in [0.3, 0.4) is 0 Å². The molecule has 0 heterocycles. The Hall–Kier alpha value is -0.610. The molecule has 0 aromatic rings. The number of primary amides is 1. The Labute approximate surface area is 92.0 Å². The highest BCUT2D eigenvalue weighted by molar-refractivity contribution is 5.85. The number of likely N-dealkylation sites (N-methyl/N-ethyl adjacent to an activating group) is 1. The number of nitrogens with two attached hydrogens (primary N) is 2. The molecule has 0 radical (unpaired) electrons. The summed E-state index contributed by atoms with van der Waals surface area (Å²) in [6.45, 7) is 7.78. The summed E-state index contributed by atoms with van der Waals surface area (Å²) in [7, 11) is 0. The molecule has 4 nitrogen and oxygen atoms in total. The van der Waals surface area contributed by atoms with Crippen molar-refractivity contribution >= 4 is 5.91 Å². The summed E-state index contributed by atoms with van der Waals surface area (Å²) >= 11 is 0. The molecule has 1 unspecified atom stereocenters. The van der Waals surface area contributed by atoms with Crippen molar-refractivity contribution in [1.82, 2.24) is 4.90 Å². The van der Waals surface area contributed by atoms with Gasteiger partial charge in [0, 0.05) is 12.6 Å². The molecule has 15 heavy (non-hydrogen) atoms. The summed E-state index contributed by atoms with van der Waals surface area (Å²) in [4.78, 5) is 13.6. The minimum Gasteiger partial charge on any atom is -0.368 e. The van der Waals surface area contributed by atoms with E-state index >= 15 is 0 Å². The molecule has 1 aliphatic rings. The Bertz CT molecular complexity index is 238. The van der Waals surface area contributed by atoms with Crippen molar-refractivity contribution in [2.75, 3.05) is 13.1 Å². The lowest BCUT2D eigenvalue weighted by Gasteiger charge is -2.34. The molecule has 4 N–H and O–H groups in total. The van der Waals surface area contributed by atoms with Gasteiger partial charge < -0.3 is 11.5 Å². The maximum absolute atomic E-state index is 11.4. The van der Waals surface area contributed by atoms with Crippen molar-refractivity contribution < 1.29 is 4.79 Å². The molecule has 1 aliphatic carbocycles. The highest BCUT2D eigenvalue weighted by Gasteiger charge is 2.47. The van der Waals surface area contributed by atoms with Gasteiger partial charge in [0.15, 0.2) is 0 Å². The molecule has 1 rings (SSSR count). The Morgan fingerprint density at radius 1 is 1.53 bits per heavy atom. The van der Waals surface area contributed by atoms with Crippen LogP contribution in [0.25, 0.3) is 0 Å². The lowest BCUT2D eigenvalue weighted by molar-refractivity contribution is -0.124. The van der Waals surface area contributed by atoms with Crippen molar-refractivity contribution in [1.29, 1.82) is 0 Å². The SMILES string of the molecule is CCN(CC(N)(C(N)=O)C1CC1)C(C)C. The summed E-state index contributed by atoms with van der Waals surface area (Å²) in [5.74, 6) is -0.0631. The number of hydrogen-bond acceptors (Lipinski definition) is 3. The van der Waals surface area contributed by atoms with Crippen LogP contribution >= 0.6 is 0 Å². The van der Waals surface area contributed by atoms with Crippen molar-refractivity contribution in [3.63, 3.8) is 0 Å². The van der Waals surface area contributed by atoms with E-state index in [9.17, 15) is 4.79 Å². The number of carbonyl (C=O) groups excluding carboxylic acids is 1. The second kappa shape index (κ2) is 4.49. The average molecular weight is 213 g/mol.